The molecule has 0 nitrogen and oxygen atoms in total. The minimum Gasteiger partial charge on any atom is -0.0988 e. The maximum Gasteiger partial charge on any atom is -0.0404 e. The van der Waals surface area contributed by atoms with Crippen LogP contribution >= 0.6 is 0 Å². The van der Waals surface area contributed by atoms with Crippen LogP contribution in [0, 0.1) is 0 Å². The Morgan fingerprint density at radius 2 is 0.636 bits per heavy atom. The highest BCUT2D eigenvalue weighted by Crippen LogP contribution is 1.81. The van der Waals surface area contributed by atoms with Gasteiger partial charge in [-0.1, -0.05) is 130 Å². The summed E-state index contributed by atoms with van der Waals surface area (Å²) in [5.41, 5.74) is 2.04. The van der Waals surface area contributed by atoms with Gasteiger partial charge in [0.15, 0.2) is 0 Å². The van der Waals surface area contributed by atoms with Gasteiger partial charge in [-0.15, -0.1) is 0 Å². The van der Waals surface area contributed by atoms with Crippen molar-refractivity contribution in [3.63, 3.8) is 0 Å². The molecule has 0 fully saturated rings. The van der Waals surface area contributed by atoms with Gasteiger partial charge in [0.05, 0.1) is 0 Å². The molecule has 0 aliphatic carbocycles. The van der Waals surface area contributed by atoms with E-state index in [2.05, 4.69) is 67.9 Å². The van der Waals surface area contributed by atoms with E-state index in [1.807, 2.05) is 13.8 Å². The molecule has 0 unspecified atom stereocenters. The number of unbranched alkanes of at least 4 members (excludes halogenated alkanes) is 3. The predicted octanol–water partition coefficient (Wildman–Crippen LogP) is 8.92. The van der Waals surface area contributed by atoms with Crippen molar-refractivity contribution in [3.8, 4) is 0 Å². The standard InChI is InChI=1S/2C5H8.3C4H10/c2*1-4-5(2)3;3*1-3-4-2/h2*4H,1-2H2,3H3;3*3-4H2,1-2H3. The Labute approximate surface area is 144 Å². The van der Waals surface area contributed by atoms with Crippen LogP contribution in [0.2, 0.25) is 0 Å². The molecular weight excluding hydrogens is 264 g/mol. The summed E-state index contributed by atoms with van der Waals surface area (Å²) in [7, 11) is 0. The first-order valence-electron chi connectivity index (χ1n) is 8.84. The molecule has 0 aromatic rings. The van der Waals surface area contributed by atoms with E-state index in [-0.39, 0.29) is 0 Å². The van der Waals surface area contributed by atoms with Gasteiger partial charge in [-0.25, -0.2) is 0 Å². The highest BCUT2D eigenvalue weighted by atomic mass is 13.7. The van der Waals surface area contributed by atoms with E-state index < -0.39 is 0 Å². The summed E-state index contributed by atoms with van der Waals surface area (Å²) in [6, 6.07) is 0. The highest BCUT2D eigenvalue weighted by molar-refractivity contribution is 5.06. The second-order valence-electron chi connectivity index (χ2n) is 5.10. The summed E-state index contributed by atoms with van der Waals surface area (Å²) in [5.74, 6) is 0. The Balaban J connectivity index is -0.0000000550. The van der Waals surface area contributed by atoms with Gasteiger partial charge < -0.3 is 0 Å². The second-order valence-corrected chi connectivity index (χ2v) is 5.10. The molecule has 0 aromatic carbocycles. The first kappa shape index (κ1) is 32.8. The van der Waals surface area contributed by atoms with Crippen molar-refractivity contribution in [1.82, 2.24) is 0 Å². The fourth-order valence-electron chi connectivity index (χ4n) is 0. The number of allylic oxidation sites excluding steroid dienone is 4. The van der Waals surface area contributed by atoms with Crippen molar-refractivity contribution in [2.75, 3.05) is 0 Å². The molecule has 0 radical (unpaired) electrons. The summed E-state index contributed by atoms with van der Waals surface area (Å²) >= 11 is 0. The van der Waals surface area contributed by atoms with E-state index >= 15 is 0 Å². The lowest BCUT2D eigenvalue weighted by atomic mass is 10.4. The molecule has 0 bridgehead atoms. The van der Waals surface area contributed by atoms with Crippen LogP contribution in [0.1, 0.15) is 93.9 Å². The summed E-state index contributed by atoms with van der Waals surface area (Å²) in [4.78, 5) is 0. The molecule has 0 saturated carbocycles. The zero-order valence-corrected chi connectivity index (χ0v) is 17.2. The van der Waals surface area contributed by atoms with Gasteiger partial charge in [-0.3, -0.25) is 0 Å². The van der Waals surface area contributed by atoms with Crippen LogP contribution in [-0.2, 0) is 0 Å². The van der Waals surface area contributed by atoms with Crippen molar-refractivity contribution in [3.05, 3.63) is 49.6 Å². The first-order chi connectivity index (χ1) is 10.3. The van der Waals surface area contributed by atoms with Gasteiger partial charge in [-0.05, 0) is 13.8 Å². The van der Waals surface area contributed by atoms with E-state index in [0.717, 1.165) is 11.1 Å². The number of rotatable bonds is 5. The lowest BCUT2D eigenvalue weighted by Gasteiger charge is -1.71. The number of hydrogen-bond donors (Lipinski definition) is 0. The van der Waals surface area contributed by atoms with Gasteiger partial charge in [-0.2, -0.15) is 0 Å². The van der Waals surface area contributed by atoms with Gasteiger partial charge in [0.25, 0.3) is 0 Å². The van der Waals surface area contributed by atoms with Gasteiger partial charge in [0, 0.05) is 0 Å². The third-order valence-corrected chi connectivity index (χ3v) is 2.20. The summed E-state index contributed by atoms with van der Waals surface area (Å²) in [5, 5.41) is 0. The Morgan fingerprint density at radius 3 is 0.636 bits per heavy atom. The second kappa shape index (κ2) is 42.7. The molecule has 0 spiro atoms. The Bertz CT molecular complexity index is 175. The largest absolute Gasteiger partial charge is 0.0988 e. The maximum atomic E-state index is 3.56. The van der Waals surface area contributed by atoms with Crippen molar-refractivity contribution in [2.45, 2.75) is 93.9 Å². The van der Waals surface area contributed by atoms with E-state index in [9.17, 15) is 0 Å². The zero-order valence-electron chi connectivity index (χ0n) is 17.2. The van der Waals surface area contributed by atoms with Gasteiger partial charge in [0.2, 0.25) is 0 Å². The zero-order chi connectivity index (χ0) is 18.8. The molecule has 22 heavy (non-hydrogen) atoms. The Hall–Kier alpha value is -1.04. The number of hydrogen-bond acceptors (Lipinski definition) is 0. The van der Waals surface area contributed by atoms with Crippen molar-refractivity contribution >= 4 is 0 Å². The molecular formula is C22H46. The molecule has 0 aromatic heterocycles. The predicted molar refractivity (Wildman–Crippen MR) is 112 cm³/mol. The van der Waals surface area contributed by atoms with Gasteiger partial charge in [0.1, 0.15) is 0 Å². The average Bonchev–Trinajstić information content (AvgIpc) is 2.55. The molecule has 0 aliphatic rings. The summed E-state index contributed by atoms with van der Waals surface area (Å²) in [6.07, 6.45) is 11.4. The van der Waals surface area contributed by atoms with Crippen LogP contribution < -0.4 is 0 Å². The van der Waals surface area contributed by atoms with Crippen LogP contribution in [0.3, 0.4) is 0 Å². The summed E-state index contributed by atoms with van der Waals surface area (Å²) in [6.45, 7) is 30.9. The van der Waals surface area contributed by atoms with Crippen LogP contribution in [0.15, 0.2) is 49.6 Å². The molecule has 0 heterocycles. The smallest absolute Gasteiger partial charge is 0.0404 e. The monoisotopic (exact) mass is 310 g/mol. The third-order valence-electron chi connectivity index (χ3n) is 2.20. The fourth-order valence-corrected chi connectivity index (χ4v) is 0. The minimum atomic E-state index is 1.02. The maximum absolute atomic E-state index is 3.56. The van der Waals surface area contributed by atoms with Crippen molar-refractivity contribution < 1.29 is 0 Å². The molecule has 0 atom stereocenters. The topological polar surface area (TPSA) is 0 Å². The SMILES string of the molecule is C=CC(=C)C.C=CC(=C)C.CCCC.CCCC.CCCC. The summed E-state index contributed by atoms with van der Waals surface area (Å²) < 4.78 is 0. The fraction of sp³-hybridized carbons (Fsp3) is 0.636. The third kappa shape index (κ3) is 172. The normalized spacial score (nSPS) is 7.09. The first-order valence-corrected chi connectivity index (χ1v) is 8.84. The van der Waals surface area contributed by atoms with E-state index in [0.29, 0.717) is 0 Å². The van der Waals surface area contributed by atoms with E-state index in [4.69, 9.17) is 0 Å². The lowest BCUT2D eigenvalue weighted by molar-refractivity contribution is 0.886. The average molecular weight is 311 g/mol. The molecule has 134 valence electrons. The van der Waals surface area contributed by atoms with Crippen LogP contribution in [0.4, 0.5) is 0 Å². The molecule has 0 amide bonds. The molecule has 0 saturated heterocycles. The Morgan fingerprint density at radius 1 is 0.545 bits per heavy atom. The van der Waals surface area contributed by atoms with Gasteiger partial charge >= 0.3 is 0 Å². The highest BCUT2D eigenvalue weighted by Gasteiger charge is 1.60. The molecule has 0 heteroatoms. The van der Waals surface area contributed by atoms with Crippen molar-refractivity contribution in [2.24, 2.45) is 0 Å². The van der Waals surface area contributed by atoms with Crippen molar-refractivity contribution in [1.29, 1.82) is 0 Å². The molecule has 0 N–H and O–H groups in total. The molecule has 0 rings (SSSR count). The Kier molecular flexibility index (Phi) is 63.7. The molecule has 0 aliphatic heterocycles. The van der Waals surface area contributed by atoms with Crippen LogP contribution in [-0.4, -0.2) is 0 Å². The quantitative estimate of drug-likeness (QED) is 0.444. The van der Waals surface area contributed by atoms with E-state index in [1.54, 1.807) is 12.2 Å². The minimum absolute atomic E-state index is 1.02. The van der Waals surface area contributed by atoms with Crippen LogP contribution in [0.5, 0.6) is 0 Å². The lowest BCUT2D eigenvalue weighted by Crippen LogP contribution is -1.50. The van der Waals surface area contributed by atoms with Crippen LogP contribution in [0.25, 0.3) is 0 Å². The van der Waals surface area contributed by atoms with E-state index in [1.165, 1.54) is 38.5 Å².